The first kappa shape index (κ1) is 8.60. The Labute approximate surface area is 72.2 Å². The summed E-state index contributed by atoms with van der Waals surface area (Å²) in [4.78, 5) is 0. The van der Waals surface area contributed by atoms with E-state index in [9.17, 15) is 0 Å². The lowest BCUT2D eigenvalue weighted by atomic mass is 10.1. The summed E-state index contributed by atoms with van der Waals surface area (Å²) in [6.07, 6.45) is 5.11. The molecule has 2 heteroatoms. The lowest BCUT2D eigenvalue weighted by Crippen LogP contribution is -1.81. The predicted octanol–water partition coefficient (Wildman–Crippen LogP) is 3.06. The molecule has 1 rings (SSSR count). The van der Waals surface area contributed by atoms with Gasteiger partial charge in [0.25, 0.3) is 0 Å². The summed E-state index contributed by atoms with van der Waals surface area (Å²) in [5.74, 6) is 0. The molecule has 0 saturated heterocycles. The number of thiophene rings is 1. The maximum absolute atomic E-state index is 5.60. The van der Waals surface area contributed by atoms with Gasteiger partial charge in [-0.2, -0.15) is 0 Å². The van der Waals surface area contributed by atoms with Gasteiger partial charge in [0, 0.05) is 0 Å². The maximum Gasteiger partial charge on any atom is 0.0859 e. The molecule has 0 bridgehead atoms. The molecule has 0 atom stereocenters. The summed E-state index contributed by atoms with van der Waals surface area (Å²) < 4.78 is 0. The molecule has 1 aromatic rings. The van der Waals surface area contributed by atoms with Crippen molar-refractivity contribution in [3.63, 3.8) is 0 Å². The molecule has 0 aliphatic rings. The van der Waals surface area contributed by atoms with Crippen molar-refractivity contribution in [1.82, 2.24) is 0 Å². The number of anilines is 1. The second-order valence-electron chi connectivity index (χ2n) is 2.81. The molecule has 0 spiro atoms. The average molecular weight is 169 g/mol. The fraction of sp³-hybridized carbons (Fsp3) is 0.556. The molecule has 0 aliphatic carbocycles. The number of nitrogen functional groups attached to an aromatic ring is 1. The van der Waals surface area contributed by atoms with E-state index in [0.717, 1.165) is 5.00 Å². The van der Waals surface area contributed by atoms with E-state index in [4.69, 9.17) is 5.73 Å². The minimum absolute atomic E-state index is 0.941. The van der Waals surface area contributed by atoms with Crippen molar-refractivity contribution >= 4 is 16.3 Å². The minimum atomic E-state index is 0.941. The fourth-order valence-electron chi connectivity index (χ4n) is 1.10. The Bertz CT molecular complexity index is 205. The highest BCUT2D eigenvalue weighted by Crippen LogP contribution is 2.18. The first-order valence-electron chi connectivity index (χ1n) is 4.16. The number of hydrogen-bond donors (Lipinski definition) is 1. The average Bonchev–Trinajstić information content (AvgIpc) is 2.37. The van der Waals surface area contributed by atoms with E-state index in [1.165, 1.54) is 31.2 Å². The van der Waals surface area contributed by atoms with Gasteiger partial charge in [0.05, 0.1) is 5.00 Å². The topological polar surface area (TPSA) is 26.0 Å². The van der Waals surface area contributed by atoms with E-state index in [-0.39, 0.29) is 0 Å². The molecular formula is C9H15NS. The van der Waals surface area contributed by atoms with E-state index >= 15 is 0 Å². The van der Waals surface area contributed by atoms with Crippen LogP contribution in [0.4, 0.5) is 5.00 Å². The van der Waals surface area contributed by atoms with Crippen LogP contribution in [0.3, 0.4) is 0 Å². The van der Waals surface area contributed by atoms with Gasteiger partial charge in [0.1, 0.15) is 0 Å². The maximum atomic E-state index is 5.60. The monoisotopic (exact) mass is 169 g/mol. The third-order valence-corrected chi connectivity index (χ3v) is 2.55. The molecule has 0 amide bonds. The molecule has 0 radical (unpaired) electrons. The van der Waals surface area contributed by atoms with E-state index < -0.39 is 0 Å². The largest absolute Gasteiger partial charge is 0.391 e. The summed E-state index contributed by atoms with van der Waals surface area (Å²) in [5, 5.41) is 3.10. The molecule has 0 aliphatic heterocycles. The summed E-state index contributed by atoms with van der Waals surface area (Å²) >= 11 is 1.64. The second kappa shape index (κ2) is 4.39. The zero-order valence-electron chi connectivity index (χ0n) is 6.97. The van der Waals surface area contributed by atoms with Gasteiger partial charge in [-0.3, -0.25) is 0 Å². The fourth-order valence-corrected chi connectivity index (χ4v) is 1.80. The van der Waals surface area contributed by atoms with Gasteiger partial charge in [-0.05, 0) is 29.9 Å². The van der Waals surface area contributed by atoms with E-state index in [0.29, 0.717) is 0 Å². The van der Waals surface area contributed by atoms with Crippen molar-refractivity contribution in [3.8, 4) is 0 Å². The molecule has 62 valence electrons. The highest BCUT2D eigenvalue weighted by molar-refractivity contribution is 7.14. The van der Waals surface area contributed by atoms with Gasteiger partial charge in [-0.25, -0.2) is 0 Å². The molecule has 1 nitrogen and oxygen atoms in total. The van der Waals surface area contributed by atoms with Crippen LogP contribution in [0.2, 0.25) is 0 Å². The quantitative estimate of drug-likeness (QED) is 0.689. The zero-order valence-corrected chi connectivity index (χ0v) is 7.79. The van der Waals surface area contributed by atoms with Gasteiger partial charge in [-0.15, -0.1) is 11.3 Å². The second-order valence-corrected chi connectivity index (χ2v) is 3.76. The highest BCUT2D eigenvalue weighted by atomic mass is 32.1. The van der Waals surface area contributed by atoms with Crippen molar-refractivity contribution in [3.05, 3.63) is 17.0 Å². The molecular weight excluding hydrogens is 154 g/mol. The standard InChI is InChI=1S/C9H15NS/c1-2-3-4-5-8-6-9(10)11-7-8/h6-7H,2-5,10H2,1H3. The van der Waals surface area contributed by atoms with Crippen molar-refractivity contribution in [1.29, 1.82) is 0 Å². The third-order valence-electron chi connectivity index (χ3n) is 1.74. The van der Waals surface area contributed by atoms with Crippen LogP contribution < -0.4 is 5.73 Å². The van der Waals surface area contributed by atoms with Crippen LogP contribution in [0.25, 0.3) is 0 Å². The van der Waals surface area contributed by atoms with Gasteiger partial charge in [0.15, 0.2) is 0 Å². The van der Waals surface area contributed by atoms with Crippen LogP contribution in [0.1, 0.15) is 31.7 Å². The molecule has 11 heavy (non-hydrogen) atoms. The molecule has 0 fully saturated rings. The molecule has 1 heterocycles. The summed E-state index contributed by atoms with van der Waals surface area (Å²) in [5.41, 5.74) is 7.01. The molecule has 2 N–H and O–H groups in total. The van der Waals surface area contributed by atoms with Gasteiger partial charge >= 0.3 is 0 Å². The van der Waals surface area contributed by atoms with Crippen LogP contribution in [-0.4, -0.2) is 0 Å². The van der Waals surface area contributed by atoms with E-state index in [1.807, 2.05) is 0 Å². The summed E-state index contributed by atoms with van der Waals surface area (Å²) in [7, 11) is 0. The van der Waals surface area contributed by atoms with Crippen LogP contribution in [-0.2, 0) is 6.42 Å². The van der Waals surface area contributed by atoms with Gasteiger partial charge < -0.3 is 5.73 Å². The van der Waals surface area contributed by atoms with Crippen LogP contribution in [0.15, 0.2) is 11.4 Å². The number of rotatable bonds is 4. The van der Waals surface area contributed by atoms with Crippen molar-refractivity contribution < 1.29 is 0 Å². The lowest BCUT2D eigenvalue weighted by Gasteiger charge is -1.94. The molecule has 0 unspecified atom stereocenters. The summed E-state index contributed by atoms with van der Waals surface area (Å²) in [6.45, 7) is 2.22. The highest BCUT2D eigenvalue weighted by Gasteiger charge is 1.95. The van der Waals surface area contributed by atoms with Crippen molar-refractivity contribution in [2.45, 2.75) is 32.6 Å². The Morgan fingerprint density at radius 3 is 2.82 bits per heavy atom. The Hall–Kier alpha value is -0.500. The first-order chi connectivity index (χ1) is 5.33. The molecule has 0 saturated carbocycles. The Balaban J connectivity index is 2.27. The summed E-state index contributed by atoms with van der Waals surface area (Å²) in [6, 6.07) is 2.08. The number of unbranched alkanes of at least 4 members (excludes halogenated alkanes) is 2. The molecule has 1 aromatic heterocycles. The number of aryl methyl sites for hydroxylation is 1. The van der Waals surface area contributed by atoms with E-state index in [2.05, 4.69) is 18.4 Å². The van der Waals surface area contributed by atoms with Crippen LogP contribution in [0.5, 0.6) is 0 Å². The Morgan fingerprint density at radius 1 is 1.45 bits per heavy atom. The van der Waals surface area contributed by atoms with E-state index in [1.54, 1.807) is 11.3 Å². The van der Waals surface area contributed by atoms with Crippen LogP contribution in [0, 0.1) is 0 Å². The number of nitrogens with two attached hydrogens (primary N) is 1. The smallest absolute Gasteiger partial charge is 0.0859 e. The zero-order chi connectivity index (χ0) is 8.10. The Morgan fingerprint density at radius 2 is 2.27 bits per heavy atom. The first-order valence-corrected chi connectivity index (χ1v) is 5.03. The normalized spacial score (nSPS) is 10.3. The van der Waals surface area contributed by atoms with Crippen molar-refractivity contribution in [2.75, 3.05) is 5.73 Å². The predicted molar refractivity (Wildman–Crippen MR) is 52.0 cm³/mol. The molecule has 0 aromatic carbocycles. The third kappa shape index (κ3) is 2.93. The van der Waals surface area contributed by atoms with Crippen molar-refractivity contribution in [2.24, 2.45) is 0 Å². The lowest BCUT2D eigenvalue weighted by molar-refractivity contribution is 0.718. The SMILES string of the molecule is CCCCCc1csc(N)c1. The number of hydrogen-bond acceptors (Lipinski definition) is 2. The van der Waals surface area contributed by atoms with Gasteiger partial charge in [0.2, 0.25) is 0 Å². The van der Waals surface area contributed by atoms with Crippen LogP contribution >= 0.6 is 11.3 Å². The Kier molecular flexibility index (Phi) is 3.43. The minimum Gasteiger partial charge on any atom is -0.391 e. The van der Waals surface area contributed by atoms with Gasteiger partial charge in [-0.1, -0.05) is 19.8 Å².